The summed E-state index contributed by atoms with van der Waals surface area (Å²) >= 11 is 1.44. The largest absolute Gasteiger partial charge is 0.325 e. The standard InChI is InChI=1S/C20H21N3OS/c1-3-14-8-7-9-15(4-2)19(14)23-18(24)12-25-20-16-10-5-6-11-17(16)21-13-22-20/h5-11,13H,3-4,12H2,1-2H3,(H,23,24). The molecule has 0 spiro atoms. The molecule has 0 saturated carbocycles. The van der Waals surface area contributed by atoms with Gasteiger partial charge in [-0.1, -0.05) is 62.0 Å². The Morgan fingerprint density at radius 2 is 1.72 bits per heavy atom. The molecule has 0 aliphatic carbocycles. The second-order valence-corrected chi connectivity index (χ2v) is 6.66. The van der Waals surface area contributed by atoms with Gasteiger partial charge in [0.05, 0.1) is 11.3 Å². The minimum absolute atomic E-state index is 0.0108. The fourth-order valence-electron chi connectivity index (χ4n) is 2.81. The third-order valence-electron chi connectivity index (χ3n) is 4.11. The number of aryl methyl sites for hydroxylation is 2. The van der Waals surface area contributed by atoms with Crippen molar-refractivity contribution < 1.29 is 4.79 Å². The molecule has 1 amide bonds. The number of nitrogens with zero attached hydrogens (tertiary/aromatic N) is 2. The molecule has 0 saturated heterocycles. The summed E-state index contributed by atoms with van der Waals surface area (Å²) in [5, 5.41) is 4.91. The van der Waals surface area contributed by atoms with Crippen molar-refractivity contribution in [2.45, 2.75) is 31.7 Å². The van der Waals surface area contributed by atoms with Gasteiger partial charge in [0, 0.05) is 11.1 Å². The Morgan fingerprint density at radius 1 is 1.00 bits per heavy atom. The molecule has 2 aromatic carbocycles. The molecular formula is C20H21N3OS. The van der Waals surface area contributed by atoms with E-state index in [1.165, 1.54) is 22.9 Å². The summed E-state index contributed by atoms with van der Waals surface area (Å²) in [6, 6.07) is 14.0. The van der Waals surface area contributed by atoms with E-state index in [4.69, 9.17) is 0 Å². The van der Waals surface area contributed by atoms with Crippen molar-refractivity contribution in [1.82, 2.24) is 9.97 Å². The Labute approximate surface area is 152 Å². The number of hydrogen-bond donors (Lipinski definition) is 1. The van der Waals surface area contributed by atoms with Crippen LogP contribution in [-0.4, -0.2) is 21.6 Å². The van der Waals surface area contributed by atoms with Crippen LogP contribution in [-0.2, 0) is 17.6 Å². The van der Waals surface area contributed by atoms with Gasteiger partial charge in [-0.2, -0.15) is 0 Å². The Hall–Kier alpha value is -2.40. The van der Waals surface area contributed by atoms with Crippen molar-refractivity contribution in [3.63, 3.8) is 0 Å². The Balaban J connectivity index is 1.73. The SMILES string of the molecule is CCc1cccc(CC)c1NC(=O)CSc1ncnc2ccccc12. The van der Waals surface area contributed by atoms with Crippen molar-refractivity contribution in [1.29, 1.82) is 0 Å². The normalized spacial score (nSPS) is 10.8. The number of fused-ring (bicyclic) bond motifs is 1. The summed E-state index contributed by atoms with van der Waals surface area (Å²) in [5.74, 6) is 0.311. The third kappa shape index (κ3) is 3.99. The zero-order valence-corrected chi connectivity index (χ0v) is 15.3. The average molecular weight is 351 g/mol. The number of carbonyl (C=O) groups is 1. The summed E-state index contributed by atoms with van der Waals surface area (Å²) in [6.07, 6.45) is 3.34. The van der Waals surface area contributed by atoms with Crippen LogP contribution in [0.3, 0.4) is 0 Å². The van der Waals surface area contributed by atoms with Crippen LogP contribution >= 0.6 is 11.8 Å². The van der Waals surface area contributed by atoms with Crippen molar-refractivity contribution in [3.05, 3.63) is 59.9 Å². The number of thioether (sulfide) groups is 1. The van der Waals surface area contributed by atoms with Crippen LogP contribution in [0.1, 0.15) is 25.0 Å². The van der Waals surface area contributed by atoms with Gasteiger partial charge in [0.1, 0.15) is 11.4 Å². The fourth-order valence-corrected chi connectivity index (χ4v) is 3.60. The predicted octanol–water partition coefficient (Wildman–Crippen LogP) is 4.49. The first-order valence-corrected chi connectivity index (χ1v) is 9.44. The average Bonchev–Trinajstić information content (AvgIpc) is 2.66. The number of rotatable bonds is 6. The quantitative estimate of drug-likeness (QED) is 0.525. The van der Waals surface area contributed by atoms with E-state index in [-0.39, 0.29) is 5.91 Å². The molecule has 0 fully saturated rings. The molecule has 1 N–H and O–H groups in total. The zero-order valence-electron chi connectivity index (χ0n) is 14.5. The van der Waals surface area contributed by atoms with E-state index < -0.39 is 0 Å². The summed E-state index contributed by atoms with van der Waals surface area (Å²) in [5.41, 5.74) is 4.20. The van der Waals surface area contributed by atoms with Crippen LogP contribution in [0.4, 0.5) is 5.69 Å². The molecule has 25 heavy (non-hydrogen) atoms. The second-order valence-electron chi connectivity index (χ2n) is 5.69. The molecular weight excluding hydrogens is 330 g/mol. The number of benzene rings is 2. The molecule has 3 aromatic rings. The molecule has 0 aliphatic heterocycles. The summed E-state index contributed by atoms with van der Waals surface area (Å²) in [4.78, 5) is 21.1. The Kier molecular flexibility index (Phi) is 5.66. The van der Waals surface area contributed by atoms with Gasteiger partial charge < -0.3 is 5.32 Å². The van der Waals surface area contributed by atoms with Crippen molar-refractivity contribution in [2.24, 2.45) is 0 Å². The van der Waals surface area contributed by atoms with Crippen molar-refractivity contribution in [2.75, 3.05) is 11.1 Å². The van der Waals surface area contributed by atoms with Gasteiger partial charge in [-0.05, 0) is 30.0 Å². The number of hydrogen-bond acceptors (Lipinski definition) is 4. The first-order chi connectivity index (χ1) is 12.2. The highest BCUT2D eigenvalue weighted by Gasteiger charge is 2.12. The maximum Gasteiger partial charge on any atom is 0.234 e. The smallest absolute Gasteiger partial charge is 0.234 e. The van der Waals surface area contributed by atoms with Gasteiger partial charge in [0.2, 0.25) is 5.91 Å². The maximum absolute atomic E-state index is 12.5. The van der Waals surface area contributed by atoms with Crippen molar-refractivity contribution >= 4 is 34.3 Å². The van der Waals surface area contributed by atoms with Crippen LogP contribution in [0.25, 0.3) is 10.9 Å². The molecule has 4 nitrogen and oxygen atoms in total. The highest BCUT2D eigenvalue weighted by Crippen LogP contribution is 2.26. The van der Waals surface area contributed by atoms with Gasteiger partial charge in [0.15, 0.2) is 0 Å². The number of nitrogens with one attached hydrogen (secondary N) is 1. The molecule has 0 bridgehead atoms. The van der Waals surface area contributed by atoms with E-state index in [0.717, 1.165) is 34.5 Å². The van der Waals surface area contributed by atoms with E-state index in [1.54, 1.807) is 6.33 Å². The zero-order chi connectivity index (χ0) is 17.6. The lowest BCUT2D eigenvalue weighted by Gasteiger charge is -2.14. The molecule has 5 heteroatoms. The summed E-state index contributed by atoms with van der Waals surface area (Å²) in [7, 11) is 0. The molecule has 0 radical (unpaired) electrons. The molecule has 128 valence electrons. The van der Waals surface area contributed by atoms with Crippen LogP contribution in [0.2, 0.25) is 0 Å². The number of anilines is 1. The van der Waals surface area contributed by atoms with Gasteiger partial charge in [-0.3, -0.25) is 4.79 Å². The van der Waals surface area contributed by atoms with Gasteiger partial charge in [0.25, 0.3) is 0 Å². The first-order valence-electron chi connectivity index (χ1n) is 8.46. The van der Waals surface area contributed by atoms with Gasteiger partial charge in [-0.15, -0.1) is 0 Å². The van der Waals surface area contributed by atoms with E-state index in [2.05, 4.69) is 47.3 Å². The van der Waals surface area contributed by atoms with Gasteiger partial charge in [-0.25, -0.2) is 9.97 Å². The summed E-state index contributed by atoms with van der Waals surface area (Å²) in [6.45, 7) is 4.21. The van der Waals surface area contributed by atoms with Gasteiger partial charge >= 0.3 is 0 Å². The summed E-state index contributed by atoms with van der Waals surface area (Å²) < 4.78 is 0. The van der Waals surface area contributed by atoms with E-state index >= 15 is 0 Å². The van der Waals surface area contributed by atoms with E-state index in [1.807, 2.05) is 24.3 Å². The number of para-hydroxylation sites is 2. The lowest BCUT2D eigenvalue weighted by Crippen LogP contribution is -2.16. The molecule has 0 aliphatic rings. The highest BCUT2D eigenvalue weighted by molar-refractivity contribution is 8.00. The van der Waals surface area contributed by atoms with Crippen LogP contribution in [0, 0.1) is 0 Å². The molecule has 3 rings (SSSR count). The monoisotopic (exact) mass is 351 g/mol. The first kappa shape index (κ1) is 17.4. The highest BCUT2D eigenvalue weighted by atomic mass is 32.2. The molecule has 1 aromatic heterocycles. The molecule has 1 heterocycles. The molecule has 0 unspecified atom stereocenters. The Bertz CT molecular complexity index is 867. The van der Waals surface area contributed by atoms with E-state index in [0.29, 0.717) is 5.75 Å². The Morgan fingerprint density at radius 3 is 2.44 bits per heavy atom. The lowest BCUT2D eigenvalue weighted by molar-refractivity contribution is -0.113. The van der Waals surface area contributed by atoms with Crippen LogP contribution < -0.4 is 5.32 Å². The second kappa shape index (κ2) is 8.12. The number of carbonyl (C=O) groups excluding carboxylic acids is 1. The predicted molar refractivity (Wildman–Crippen MR) is 104 cm³/mol. The van der Waals surface area contributed by atoms with Crippen molar-refractivity contribution in [3.8, 4) is 0 Å². The minimum atomic E-state index is -0.0108. The maximum atomic E-state index is 12.5. The fraction of sp³-hybridized carbons (Fsp3) is 0.250. The van der Waals surface area contributed by atoms with Crippen LogP contribution in [0.15, 0.2) is 53.8 Å². The molecule has 0 atom stereocenters. The third-order valence-corrected chi connectivity index (χ3v) is 5.11. The lowest BCUT2D eigenvalue weighted by atomic mass is 10.0. The number of aromatic nitrogens is 2. The van der Waals surface area contributed by atoms with Crippen LogP contribution in [0.5, 0.6) is 0 Å². The topological polar surface area (TPSA) is 54.9 Å². The van der Waals surface area contributed by atoms with E-state index in [9.17, 15) is 4.79 Å². The number of amides is 1. The minimum Gasteiger partial charge on any atom is -0.325 e.